The maximum atomic E-state index is 11.9. The summed E-state index contributed by atoms with van der Waals surface area (Å²) < 4.78 is 0. The number of aliphatic hydroxyl groups is 1. The van der Waals surface area contributed by atoms with Crippen molar-refractivity contribution in [2.24, 2.45) is 0 Å². The number of aliphatic hydroxyl groups excluding tert-OH is 1. The minimum Gasteiger partial charge on any atom is -0.396 e. The fourth-order valence-electron chi connectivity index (χ4n) is 2.01. The SMILES string of the molecule is O=C(NCCc1cscn1)N[C@H](CCO)c1ccccc1. The summed E-state index contributed by atoms with van der Waals surface area (Å²) in [4.78, 5) is 16.1. The summed E-state index contributed by atoms with van der Waals surface area (Å²) in [5.74, 6) is 0. The molecule has 2 aromatic rings. The van der Waals surface area contributed by atoms with E-state index in [1.807, 2.05) is 35.7 Å². The van der Waals surface area contributed by atoms with Gasteiger partial charge in [0, 0.05) is 25.0 Å². The Kier molecular flexibility index (Phi) is 6.18. The predicted molar refractivity (Wildman–Crippen MR) is 83.2 cm³/mol. The molecule has 0 aliphatic rings. The number of nitrogens with zero attached hydrogens (tertiary/aromatic N) is 1. The quantitative estimate of drug-likeness (QED) is 0.733. The van der Waals surface area contributed by atoms with Crippen LogP contribution in [0.4, 0.5) is 4.79 Å². The number of hydrogen-bond donors (Lipinski definition) is 3. The molecular weight excluding hydrogens is 286 g/mol. The van der Waals surface area contributed by atoms with E-state index in [0.29, 0.717) is 19.4 Å². The molecule has 112 valence electrons. The molecule has 2 amide bonds. The van der Waals surface area contributed by atoms with Gasteiger partial charge in [-0.25, -0.2) is 9.78 Å². The number of thiazole rings is 1. The minimum atomic E-state index is -0.229. The molecule has 5 nitrogen and oxygen atoms in total. The molecule has 1 aromatic heterocycles. The molecule has 0 spiro atoms. The van der Waals surface area contributed by atoms with Gasteiger partial charge in [-0.1, -0.05) is 30.3 Å². The second-order valence-corrected chi connectivity index (χ2v) is 5.32. The van der Waals surface area contributed by atoms with Gasteiger partial charge in [0.05, 0.1) is 17.2 Å². The van der Waals surface area contributed by atoms with Crippen LogP contribution >= 0.6 is 11.3 Å². The van der Waals surface area contributed by atoms with Crippen LogP contribution < -0.4 is 10.6 Å². The van der Waals surface area contributed by atoms with E-state index in [0.717, 1.165) is 11.3 Å². The standard InChI is InChI=1S/C15H19N3O2S/c19-9-7-14(12-4-2-1-3-5-12)18-15(20)16-8-6-13-10-21-11-17-13/h1-5,10-11,14,19H,6-9H2,(H2,16,18,20)/t14-/m1/s1. The number of amides is 2. The Hall–Kier alpha value is -1.92. The zero-order valence-electron chi connectivity index (χ0n) is 11.7. The van der Waals surface area contributed by atoms with Crippen LogP contribution in [0.5, 0.6) is 0 Å². The van der Waals surface area contributed by atoms with Crippen LogP contribution in [0.3, 0.4) is 0 Å². The van der Waals surface area contributed by atoms with Gasteiger partial charge in [0.2, 0.25) is 0 Å². The molecular formula is C15H19N3O2S. The fourth-order valence-corrected chi connectivity index (χ4v) is 2.60. The number of aromatic nitrogens is 1. The molecule has 2 rings (SSSR count). The van der Waals surface area contributed by atoms with Gasteiger partial charge in [-0.2, -0.15) is 0 Å². The second-order valence-electron chi connectivity index (χ2n) is 4.61. The van der Waals surface area contributed by atoms with E-state index in [-0.39, 0.29) is 18.7 Å². The topological polar surface area (TPSA) is 74.2 Å². The second kappa shape index (κ2) is 8.39. The largest absolute Gasteiger partial charge is 0.396 e. The molecule has 1 aromatic carbocycles. The van der Waals surface area contributed by atoms with Crippen molar-refractivity contribution < 1.29 is 9.90 Å². The Labute approximate surface area is 128 Å². The maximum absolute atomic E-state index is 11.9. The van der Waals surface area contributed by atoms with Gasteiger partial charge in [0.1, 0.15) is 0 Å². The van der Waals surface area contributed by atoms with Crippen molar-refractivity contribution in [1.82, 2.24) is 15.6 Å². The Balaban J connectivity index is 1.81. The Morgan fingerprint density at radius 1 is 1.33 bits per heavy atom. The molecule has 0 bridgehead atoms. The highest BCUT2D eigenvalue weighted by Crippen LogP contribution is 2.15. The average molecular weight is 305 g/mol. The summed E-state index contributed by atoms with van der Waals surface area (Å²) in [6, 6.07) is 9.23. The molecule has 0 aliphatic heterocycles. The summed E-state index contributed by atoms with van der Waals surface area (Å²) in [5.41, 5.74) is 3.75. The van der Waals surface area contributed by atoms with Crippen LogP contribution in [0.15, 0.2) is 41.2 Å². The molecule has 6 heteroatoms. The van der Waals surface area contributed by atoms with Crippen molar-refractivity contribution in [2.75, 3.05) is 13.2 Å². The van der Waals surface area contributed by atoms with E-state index in [4.69, 9.17) is 5.11 Å². The van der Waals surface area contributed by atoms with Crippen molar-refractivity contribution in [3.63, 3.8) is 0 Å². The van der Waals surface area contributed by atoms with Crippen LogP contribution in [0, 0.1) is 0 Å². The lowest BCUT2D eigenvalue weighted by Crippen LogP contribution is -2.39. The number of benzene rings is 1. The number of hydrogen-bond acceptors (Lipinski definition) is 4. The van der Waals surface area contributed by atoms with Gasteiger partial charge >= 0.3 is 6.03 Å². The molecule has 0 saturated carbocycles. The average Bonchev–Trinajstić information content (AvgIpc) is 3.01. The summed E-state index contributed by atoms with van der Waals surface area (Å²) in [6.07, 6.45) is 1.20. The number of carbonyl (C=O) groups excluding carboxylic acids is 1. The maximum Gasteiger partial charge on any atom is 0.315 e. The van der Waals surface area contributed by atoms with Gasteiger partial charge < -0.3 is 15.7 Å². The Morgan fingerprint density at radius 2 is 2.14 bits per heavy atom. The molecule has 21 heavy (non-hydrogen) atoms. The molecule has 0 fully saturated rings. The van der Waals surface area contributed by atoms with Crippen LogP contribution in [0.2, 0.25) is 0 Å². The lowest BCUT2D eigenvalue weighted by atomic mass is 10.0. The number of urea groups is 1. The Morgan fingerprint density at radius 3 is 2.81 bits per heavy atom. The first-order valence-corrected chi connectivity index (χ1v) is 7.81. The van der Waals surface area contributed by atoms with Crippen LogP contribution in [-0.4, -0.2) is 29.3 Å². The molecule has 0 unspecified atom stereocenters. The third-order valence-corrected chi connectivity index (χ3v) is 3.71. The zero-order valence-corrected chi connectivity index (χ0v) is 12.5. The summed E-state index contributed by atoms with van der Waals surface area (Å²) in [7, 11) is 0. The van der Waals surface area contributed by atoms with E-state index in [1.165, 1.54) is 0 Å². The van der Waals surface area contributed by atoms with Crippen molar-refractivity contribution in [2.45, 2.75) is 18.9 Å². The number of rotatable bonds is 7. The Bertz CT molecular complexity index is 531. The van der Waals surface area contributed by atoms with Gasteiger partial charge in [0.15, 0.2) is 0 Å². The molecule has 1 atom stereocenters. The van der Waals surface area contributed by atoms with Gasteiger partial charge in [-0.15, -0.1) is 11.3 Å². The third-order valence-electron chi connectivity index (χ3n) is 3.08. The van der Waals surface area contributed by atoms with Crippen LogP contribution in [0.25, 0.3) is 0 Å². The molecule has 1 heterocycles. The first-order chi connectivity index (χ1) is 10.3. The first-order valence-electron chi connectivity index (χ1n) is 6.87. The van der Waals surface area contributed by atoms with E-state index in [9.17, 15) is 4.79 Å². The highest BCUT2D eigenvalue weighted by atomic mass is 32.1. The van der Waals surface area contributed by atoms with E-state index in [2.05, 4.69) is 15.6 Å². The predicted octanol–water partition coefficient (Wildman–Crippen LogP) is 2.11. The summed E-state index contributed by atoms with van der Waals surface area (Å²) in [5, 5.41) is 16.8. The minimum absolute atomic E-state index is 0.0265. The van der Waals surface area contributed by atoms with Gasteiger partial charge in [0.25, 0.3) is 0 Å². The van der Waals surface area contributed by atoms with Crippen LogP contribution in [0.1, 0.15) is 23.7 Å². The molecule has 0 radical (unpaired) electrons. The summed E-state index contributed by atoms with van der Waals surface area (Å²) >= 11 is 1.55. The monoisotopic (exact) mass is 305 g/mol. The lowest BCUT2D eigenvalue weighted by molar-refractivity contribution is 0.229. The number of carbonyl (C=O) groups is 1. The van der Waals surface area contributed by atoms with Gasteiger partial charge in [-0.05, 0) is 12.0 Å². The molecule has 0 aliphatic carbocycles. The highest BCUT2D eigenvalue weighted by Gasteiger charge is 2.13. The molecule has 3 N–H and O–H groups in total. The van der Waals surface area contributed by atoms with Crippen molar-refractivity contribution in [1.29, 1.82) is 0 Å². The summed E-state index contributed by atoms with van der Waals surface area (Å²) in [6.45, 7) is 0.564. The van der Waals surface area contributed by atoms with Crippen molar-refractivity contribution in [3.8, 4) is 0 Å². The molecule has 0 saturated heterocycles. The number of nitrogens with one attached hydrogen (secondary N) is 2. The van der Waals surface area contributed by atoms with E-state index in [1.54, 1.807) is 16.8 Å². The highest BCUT2D eigenvalue weighted by molar-refractivity contribution is 7.07. The van der Waals surface area contributed by atoms with Gasteiger partial charge in [-0.3, -0.25) is 0 Å². The van der Waals surface area contributed by atoms with E-state index < -0.39 is 0 Å². The normalized spacial score (nSPS) is 11.9. The van der Waals surface area contributed by atoms with Crippen molar-refractivity contribution >= 4 is 17.4 Å². The van der Waals surface area contributed by atoms with Crippen molar-refractivity contribution in [3.05, 3.63) is 52.5 Å². The lowest BCUT2D eigenvalue weighted by Gasteiger charge is -2.18. The fraction of sp³-hybridized carbons (Fsp3) is 0.333. The zero-order chi connectivity index (χ0) is 14.9. The first kappa shape index (κ1) is 15.5. The van der Waals surface area contributed by atoms with E-state index >= 15 is 0 Å². The smallest absolute Gasteiger partial charge is 0.315 e. The third kappa shape index (κ3) is 5.17. The van der Waals surface area contributed by atoms with Crippen LogP contribution in [-0.2, 0) is 6.42 Å².